The van der Waals surface area contributed by atoms with Crippen molar-refractivity contribution in [2.45, 2.75) is 13.8 Å². The van der Waals surface area contributed by atoms with Crippen molar-refractivity contribution < 1.29 is 4.74 Å². The van der Waals surface area contributed by atoms with Gasteiger partial charge in [-0.3, -0.25) is 0 Å². The molecule has 0 aromatic heterocycles. The summed E-state index contributed by atoms with van der Waals surface area (Å²) in [4.78, 5) is 0. The smallest absolute Gasteiger partial charge is 0.174 e. The highest BCUT2D eigenvalue weighted by Gasteiger charge is 2.02. The molecule has 0 atom stereocenters. The fourth-order valence-electron chi connectivity index (χ4n) is 1.11. The van der Waals surface area contributed by atoms with Crippen molar-refractivity contribution in [1.29, 1.82) is 5.26 Å². The molecule has 0 saturated carbocycles. The molecule has 13 heavy (non-hydrogen) atoms. The number of hydrogen-bond donors (Lipinski definition) is 0. The van der Waals surface area contributed by atoms with Gasteiger partial charge in [0, 0.05) is 5.02 Å². The third-order valence-electron chi connectivity index (χ3n) is 1.71. The summed E-state index contributed by atoms with van der Waals surface area (Å²) < 4.78 is 5.15. The molecular weight excluding hydrogens is 186 g/mol. The second kappa shape index (κ2) is 4.15. The summed E-state index contributed by atoms with van der Waals surface area (Å²) in [6, 6.07) is 5.57. The van der Waals surface area contributed by atoms with Crippen LogP contribution >= 0.6 is 11.6 Å². The van der Waals surface area contributed by atoms with Gasteiger partial charge in [-0.1, -0.05) is 11.6 Å². The maximum atomic E-state index is 8.32. The molecule has 0 fully saturated rings. The average Bonchev–Trinajstić information content (AvgIpc) is 2.10. The Morgan fingerprint density at radius 1 is 1.38 bits per heavy atom. The first-order valence-corrected chi connectivity index (χ1v) is 4.29. The van der Waals surface area contributed by atoms with Crippen LogP contribution in [-0.2, 0) is 0 Å². The quantitative estimate of drug-likeness (QED) is 0.727. The first-order valence-electron chi connectivity index (χ1n) is 3.91. The molecule has 0 unspecified atom stereocenters. The van der Waals surface area contributed by atoms with Gasteiger partial charge in [-0.05, 0) is 37.1 Å². The van der Waals surface area contributed by atoms with Crippen LogP contribution in [0.15, 0.2) is 12.1 Å². The standard InChI is InChI=1S/C10H10ClNO/c1-7-5-9(13-4-3-12)6-8(2)10(7)11/h5-6H,4H2,1-2H3. The molecule has 2 nitrogen and oxygen atoms in total. The van der Waals surface area contributed by atoms with E-state index >= 15 is 0 Å². The molecule has 3 heteroatoms. The fraction of sp³-hybridized carbons (Fsp3) is 0.300. The zero-order valence-corrected chi connectivity index (χ0v) is 8.35. The molecular formula is C10H10ClNO. The number of halogens is 1. The maximum Gasteiger partial charge on any atom is 0.174 e. The number of ether oxygens (including phenoxy) is 1. The molecule has 0 aliphatic heterocycles. The van der Waals surface area contributed by atoms with Gasteiger partial charge < -0.3 is 4.74 Å². The van der Waals surface area contributed by atoms with Crippen LogP contribution in [0.3, 0.4) is 0 Å². The highest BCUT2D eigenvalue weighted by Crippen LogP contribution is 2.25. The third-order valence-corrected chi connectivity index (χ3v) is 2.31. The van der Waals surface area contributed by atoms with Gasteiger partial charge in [0.1, 0.15) is 11.8 Å². The van der Waals surface area contributed by atoms with Gasteiger partial charge in [0.15, 0.2) is 6.61 Å². The Bertz CT molecular complexity index is 331. The van der Waals surface area contributed by atoms with E-state index in [1.807, 2.05) is 32.0 Å². The molecule has 1 rings (SSSR count). The van der Waals surface area contributed by atoms with E-state index in [-0.39, 0.29) is 6.61 Å². The fourth-order valence-corrected chi connectivity index (χ4v) is 1.21. The summed E-state index contributed by atoms with van der Waals surface area (Å²) in [6.07, 6.45) is 0. The van der Waals surface area contributed by atoms with Crippen LogP contribution in [0.4, 0.5) is 0 Å². The minimum absolute atomic E-state index is 0.0700. The van der Waals surface area contributed by atoms with Crippen LogP contribution in [-0.4, -0.2) is 6.61 Å². The van der Waals surface area contributed by atoms with E-state index in [1.54, 1.807) is 0 Å². The van der Waals surface area contributed by atoms with E-state index in [0.29, 0.717) is 5.75 Å². The van der Waals surface area contributed by atoms with Crippen molar-refractivity contribution in [3.63, 3.8) is 0 Å². The lowest BCUT2D eigenvalue weighted by atomic mass is 10.1. The van der Waals surface area contributed by atoms with Gasteiger partial charge in [-0.25, -0.2) is 0 Å². The van der Waals surface area contributed by atoms with E-state index in [9.17, 15) is 0 Å². The lowest BCUT2D eigenvalue weighted by Gasteiger charge is -2.06. The third kappa shape index (κ3) is 2.37. The normalized spacial score (nSPS) is 9.38. The van der Waals surface area contributed by atoms with Crippen molar-refractivity contribution in [1.82, 2.24) is 0 Å². The maximum absolute atomic E-state index is 8.32. The van der Waals surface area contributed by atoms with E-state index < -0.39 is 0 Å². The molecule has 1 aromatic rings. The second-order valence-corrected chi connectivity index (χ2v) is 3.20. The van der Waals surface area contributed by atoms with Crippen molar-refractivity contribution in [3.8, 4) is 11.8 Å². The summed E-state index contributed by atoms with van der Waals surface area (Å²) in [5.41, 5.74) is 1.93. The van der Waals surface area contributed by atoms with Gasteiger partial charge in [0.25, 0.3) is 0 Å². The first kappa shape index (κ1) is 9.88. The number of aryl methyl sites for hydroxylation is 2. The van der Waals surface area contributed by atoms with E-state index in [1.165, 1.54) is 0 Å². The Hall–Kier alpha value is -1.20. The minimum atomic E-state index is 0.0700. The zero-order valence-electron chi connectivity index (χ0n) is 7.60. The molecule has 0 heterocycles. The van der Waals surface area contributed by atoms with Crippen molar-refractivity contribution in [2.24, 2.45) is 0 Å². The van der Waals surface area contributed by atoms with Crippen LogP contribution in [0.5, 0.6) is 5.75 Å². The topological polar surface area (TPSA) is 33.0 Å². The van der Waals surface area contributed by atoms with Crippen molar-refractivity contribution in [2.75, 3.05) is 6.61 Å². The Morgan fingerprint density at radius 2 is 1.92 bits per heavy atom. The predicted molar refractivity (Wildman–Crippen MR) is 52.0 cm³/mol. The van der Waals surface area contributed by atoms with E-state index in [2.05, 4.69) is 0 Å². The summed E-state index contributed by atoms with van der Waals surface area (Å²) in [5.74, 6) is 0.695. The Labute approximate surface area is 82.7 Å². The first-order chi connectivity index (χ1) is 6.15. The SMILES string of the molecule is Cc1cc(OCC#N)cc(C)c1Cl. The molecule has 1 aromatic carbocycles. The molecule has 68 valence electrons. The van der Waals surface area contributed by atoms with Crippen LogP contribution in [0.25, 0.3) is 0 Å². The number of rotatable bonds is 2. The van der Waals surface area contributed by atoms with Gasteiger partial charge in [-0.2, -0.15) is 5.26 Å². The van der Waals surface area contributed by atoms with Crippen molar-refractivity contribution in [3.05, 3.63) is 28.3 Å². The lowest BCUT2D eigenvalue weighted by Crippen LogP contribution is -1.94. The highest BCUT2D eigenvalue weighted by molar-refractivity contribution is 6.32. The predicted octanol–water partition coefficient (Wildman–Crippen LogP) is 2.86. The van der Waals surface area contributed by atoms with Gasteiger partial charge in [0.05, 0.1) is 0 Å². The van der Waals surface area contributed by atoms with Crippen LogP contribution in [0, 0.1) is 25.2 Å². The summed E-state index contributed by atoms with van der Waals surface area (Å²) in [5, 5.41) is 9.07. The van der Waals surface area contributed by atoms with Gasteiger partial charge in [0.2, 0.25) is 0 Å². The summed E-state index contributed by atoms with van der Waals surface area (Å²) in [6.45, 7) is 3.89. The largest absolute Gasteiger partial charge is 0.479 e. The van der Waals surface area contributed by atoms with Crippen LogP contribution in [0.1, 0.15) is 11.1 Å². The van der Waals surface area contributed by atoms with Crippen LogP contribution < -0.4 is 4.74 Å². The number of benzene rings is 1. The van der Waals surface area contributed by atoms with E-state index in [4.69, 9.17) is 21.6 Å². The second-order valence-electron chi connectivity index (χ2n) is 2.82. The summed E-state index contributed by atoms with van der Waals surface area (Å²) >= 11 is 5.96. The molecule has 0 bridgehead atoms. The highest BCUT2D eigenvalue weighted by atomic mass is 35.5. The number of nitriles is 1. The summed E-state index contributed by atoms with van der Waals surface area (Å²) in [7, 11) is 0. The van der Waals surface area contributed by atoms with E-state index in [0.717, 1.165) is 16.1 Å². The Morgan fingerprint density at radius 3 is 2.38 bits per heavy atom. The molecule has 0 aliphatic carbocycles. The molecule has 0 aliphatic rings. The Balaban J connectivity index is 2.94. The van der Waals surface area contributed by atoms with Gasteiger partial charge in [-0.15, -0.1) is 0 Å². The lowest BCUT2D eigenvalue weighted by molar-refractivity contribution is 0.367. The molecule has 0 spiro atoms. The monoisotopic (exact) mass is 195 g/mol. The van der Waals surface area contributed by atoms with Crippen LogP contribution in [0.2, 0.25) is 5.02 Å². The molecule has 0 N–H and O–H groups in total. The number of nitrogens with zero attached hydrogens (tertiary/aromatic N) is 1. The van der Waals surface area contributed by atoms with Gasteiger partial charge >= 0.3 is 0 Å². The molecule has 0 amide bonds. The Kier molecular flexibility index (Phi) is 3.16. The number of hydrogen-bond acceptors (Lipinski definition) is 2. The minimum Gasteiger partial charge on any atom is -0.479 e. The van der Waals surface area contributed by atoms with Crippen molar-refractivity contribution >= 4 is 11.6 Å². The molecule has 0 saturated heterocycles. The zero-order chi connectivity index (χ0) is 9.84. The molecule has 0 radical (unpaired) electrons. The average molecular weight is 196 g/mol.